The van der Waals surface area contributed by atoms with Crippen molar-refractivity contribution >= 4 is 27.3 Å². The normalized spacial score (nSPS) is 17.9. The van der Waals surface area contributed by atoms with Gasteiger partial charge in [0.25, 0.3) is 5.91 Å². The second kappa shape index (κ2) is 6.32. The van der Waals surface area contributed by atoms with Crippen molar-refractivity contribution in [1.82, 2.24) is 9.80 Å². The number of fused-ring (bicyclic) bond motifs is 1. The first kappa shape index (κ1) is 15.4. The number of β-amino-alcohol motifs (C(OH)–C–C–N with tert-alkyl or cyclic N) is 1. The molecule has 1 atom stereocenters. The summed E-state index contributed by atoms with van der Waals surface area (Å²) in [4.78, 5) is 17.1. The molecule has 0 unspecified atom stereocenters. The van der Waals surface area contributed by atoms with Gasteiger partial charge >= 0.3 is 0 Å². The van der Waals surface area contributed by atoms with E-state index in [1.54, 1.807) is 24.0 Å². The minimum Gasteiger partial charge on any atom is -0.392 e. The average Bonchev–Trinajstić information content (AvgIpc) is 2.92. The molecule has 1 aliphatic rings. The molecule has 118 valence electrons. The summed E-state index contributed by atoms with van der Waals surface area (Å²) in [5.41, 5.74) is 0. The molecule has 0 radical (unpaired) electrons. The van der Waals surface area contributed by atoms with Crippen molar-refractivity contribution in [2.24, 2.45) is 0 Å². The lowest BCUT2D eigenvalue weighted by Crippen LogP contribution is -2.50. The Morgan fingerprint density at radius 3 is 2.73 bits per heavy atom. The fourth-order valence-corrected chi connectivity index (χ4v) is 3.84. The molecule has 6 heteroatoms. The minimum atomic E-state index is -0.354. The van der Waals surface area contributed by atoms with Gasteiger partial charge in [0.1, 0.15) is 5.82 Å². The highest BCUT2D eigenvalue weighted by Crippen LogP contribution is 2.28. The fourth-order valence-electron chi connectivity index (χ4n) is 2.79. The van der Waals surface area contributed by atoms with E-state index in [0.29, 0.717) is 29.9 Å². The van der Waals surface area contributed by atoms with Crippen molar-refractivity contribution in [3.05, 3.63) is 35.0 Å². The predicted molar refractivity (Wildman–Crippen MR) is 85.8 cm³/mol. The molecule has 0 saturated carbocycles. The summed E-state index contributed by atoms with van der Waals surface area (Å²) in [5.74, 6) is -0.313. The Morgan fingerprint density at radius 1 is 1.36 bits per heavy atom. The lowest BCUT2D eigenvalue weighted by atomic mass is 10.2. The van der Waals surface area contributed by atoms with Gasteiger partial charge in [-0.25, -0.2) is 4.39 Å². The third kappa shape index (κ3) is 3.14. The maximum Gasteiger partial charge on any atom is 0.264 e. The Labute approximate surface area is 132 Å². The van der Waals surface area contributed by atoms with Crippen molar-refractivity contribution in [3.63, 3.8) is 0 Å². The van der Waals surface area contributed by atoms with Gasteiger partial charge in [0.2, 0.25) is 0 Å². The van der Waals surface area contributed by atoms with E-state index in [0.717, 1.165) is 17.8 Å². The molecule has 1 aromatic heterocycles. The number of rotatable bonds is 3. The van der Waals surface area contributed by atoms with Crippen molar-refractivity contribution in [3.8, 4) is 0 Å². The number of aliphatic hydroxyl groups is 1. The number of hydrogen-bond donors (Lipinski definition) is 1. The standard InChI is InChI=1S/C16H19FN2O2S/c1-11(20)10-18-5-7-19(8-6-18)16(21)15-9-12-13(17)3-2-4-14(12)22-15/h2-4,9,11,20H,5-8,10H2,1H3/t11-/m1/s1. The predicted octanol–water partition coefficient (Wildman–Crippen LogP) is 2.18. The van der Waals surface area contributed by atoms with E-state index in [1.165, 1.54) is 17.4 Å². The van der Waals surface area contributed by atoms with Gasteiger partial charge in [0, 0.05) is 42.8 Å². The molecule has 0 spiro atoms. The van der Waals surface area contributed by atoms with Gasteiger partial charge in [-0.2, -0.15) is 0 Å². The monoisotopic (exact) mass is 322 g/mol. The number of halogens is 1. The van der Waals surface area contributed by atoms with Gasteiger partial charge in [-0.1, -0.05) is 6.07 Å². The zero-order valence-corrected chi connectivity index (χ0v) is 13.3. The molecule has 2 aromatic rings. The maximum absolute atomic E-state index is 13.7. The van der Waals surface area contributed by atoms with Gasteiger partial charge < -0.3 is 10.0 Å². The van der Waals surface area contributed by atoms with E-state index < -0.39 is 0 Å². The van der Waals surface area contributed by atoms with E-state index in [-0.39, 0.29) is 17.8 Å². The van der Waals surface area contributed by atoms with E-state index in [9.17, 15) is 14.3 Å². The van der Waals surface area contributed by atoms with Crippen LogP contribution in [0.1, 0.15) is 16.6 Å². The highest BCUT2D eigenvalue weighted by Gasteiger charge is 2.24. The van der Waals surface area contributed by atoms with Gasteiger partial charge in [-0.05, 0) is 25.1 Å². The molecule has 1 N–H and O–H groups in total. The number of carbonyl (C=O) groups excluding carboxylic acids is 1. The molecule has 22 heavy (non-hydrogen) atoms. The van der Waals surface area contributed by atoms with Crippen molar-refractivity contribution in [2.45, 2.75) is 13.0 Å². The van der Waals surface area contributed by atoms with Crippen LogP contribution in [0.2, 0.25) is 0 Å². The Balaban J connectivity index is 1.70. The quantitative estimate of drug-likeness (QED) is 0.942. The van der Waals surface area contributed by atoms with E-state index >= 15 is 0 Å². The Hall–Kier alpha value is -1.50. The van der Waals surface area contributed by atoms with Gasteiger partial charge in [-0.15, -0.1) is 11.3 Å². The van der Waals surface area contributed by atoms with Crippen LogP contribution in [0.5, 0.6) is 0 Å². The molecule has 1 aromatic carbocycles. The zero-order valence-electron chi connectivity index (χ0n) is 12.5. The van der Waals surface area contributed by atoms with Crippen LogP contribution >= 0.6 is 11.3 Å². The Bertz CT molecular complexity index is 678. The minimum absolute atomic E-state index is 0.0303. The number of thiophene rings is 1. The van der Waals surface area contributed by atoms with Crippen LogP contribution < -0.4 is 0 Å². The lowest BCUT2D eigenvalue weighted by molar-refractivity contribution is 0.0558. The first-order valence-corrected chi connectivity index (χ1v) is 8.24. The van der Waals surface area contributed by atoms with Crippen LogP contribution in [0, 0.1) is 5.82 Å². The second-order valence-corrected chi connectivity index (χ2v) is 6.79. The van der Waals surface area contributed by atoms with Crippen LogP contribution in [-0.4, -0.2) is 59.6 Å². The Morgan fingerprint density at radius 2 is 2.09 bits per heavy atom. The summed E-state index contributed by atoms with van der Waals surface area (Å²) in [6, 6.07) is 6.57. The SMILES string of the molecule is C[C@@H](O)CN1CCN(C(=O)c2cc3c(F)cccc3s2)CC1. The number of hydrogen-bond acceptors (Lipinski definition) is 4. The van der Waals surface area contributed by atoms with Crippen LogP contribution in [0.3, 0.4) is 0 Å². The highest BCUT2D eigenvalue weighted by atomic mass is 32.1. The summed E-state index contributed by atoms with van der Waals surface area (Å²) in [5, 5.41) is 9.93. The molecule has 1 aliphatic heterocycles. The van der Waals surface area contributed by atoms with Crippen LogP contribution in [-0.2, 0) is 0 Å². The molecular formula is C16H19FN2O2S. The third-order valence-electron chi connectivity index (χ3n) is 3.90. The molecule has 1 saturated heterocycles. The van der Waals surface area contributed by atoms with Gasteiger partial charge in [0.15, 0.2) is 0 Å². The summed E-state index contributed by atoms with van der Waals surface area (Å²) in [7, 11) is 0. The number of piperazine rings is 1. The molecule has 1 amide bonds. The Kier molecular flexibility index (Phi) is 4.42. The number of amides is 1. The van der Waals surface area contributed by atoms with Crippen LogP contribution in [0.15, 0.2) is 24.3 Å². The van der Waals surface area contributed by atoms with E-state index in [2.05, 4.69) is 4.90 Å². The summed E-state index contributed by atoms with van der Waals surface area (Å²) >= 11 is 1.34. The van der Waals surface area contributed by atoms with Crippen LogP contribution in [0.4, 0.5) is 4.39 Å². The summed E-state index contributed by atoms with van der Waals surface area (Å²) < 4.78 is 14.5. The smallest absolute Gasteiger partial charge is 0.264 e. The largest absolute Gasteiger partial charge is 0.392 e. The molecule has 2 heterocycles. The average molecular weight is 322 g/mol. The molecular weight excluding hydrogens is 303 g/mol. The number of benzene rings is 1. The molecule has 4 nitrogen and oxygen atoms in total. The fraction of sp³-hybridized carbons (Fsp3) is 0.438. The molecule has 0 aliphatic carbocycles. The maximum atomic E-state index is 13.7. The summed E-state index contributed by atoms with van der Waals surface area (Å²) in [6.45, 7) is 5.20. The van der Waals surface area contributed by atoms with Crippen molar-refractivity contribution in [1.29, 1.82) is 0 Å². The zero-order chi connectivity index (χ0) is 15.7. The molecule has 3 rings (SSSR count). The van der Waals surface area contributed by atoms with E-state index in [4.69, 9.17) is 0 Å². The first-order chi connectivity index (χ1) is 10.5. The second-order valence-electron chi connectivity index (χ2n) is 5.70. The van der Waals surface area contributed by atoms with Crippen LogP contribution in [0.25, 0.3) is 10.1 Å². The number of aliphatic hydroxyl groups excluding tert-OH is 1. The van der Waals surface area contributed by atoms with Gasteiger partial charge in [0.05, 0.1) is 11.0 Å². The highest BCUT2D eigenvalue weighted by molar-refractivity contribution is 7.20. The topological polar surface area (TPSA) is 43.8 Å². The van der Waals surface area contributed by atoms with Crippen molar-refractivity contribution < 1.29 is 14.3 Å². The molecule has 1 fully saturated rings. The summed E-state index contributed by atoms with van der Waals surface area (Å²) in [6.07, 6.45) is -0.354. The molecule has 0 bridgehead atoms. The first-order valence-electron chi connectivity index (χ1n) is 7.42. The van der Waals surface area contributed by atoms with E-state index in [1.807, 2.05) is 6.07 Å². The van der Waals surface area contributed by atoms with Crippen molar-refractivity contribution in [2.75, 3.05) is 32.7 Å². The van der Waals surface area contributed by atoms with Gasteiger partial charge in [-0.3, -0.25) is 9.69 Å². The lowest BCUT2D eigenvalue weighted by Gasteiger charge is -2.35. The third-order valence-corrected chi connectivity index (χ3v) is 4.99. The number of carbonyl (C=O) groups is 1. The number of nitrogens with zero attached hydrogens (tertiary/aromatic N) is 2.